The number of benzene rings is 1. The fourth-order valence-corrected chi connectivity index (χ4v) is 4.69. The van der Waals surface area contributed by atoms with Gasteiger partial charge in [-0.15, -0.1) is 0 Å². The fourth-order valence-electron chi connectivity index (χ4n) is 4.69. The SMILES string of the molecule is CC(C)(C)c1ccc(NC(=O)NCCC[C@H](CN)C[C@H]2O[C@@H](n3cnc4c(N)ncnc43)[C@@H](O)C2O)cc1. The number of imidazole rings is 1. The van der Waals surface area contributed by atoms with Crippen molar-refractivity contribution in [1.29, 1.82) is 0 Å². The molecule has 206 valence electrons. The Hall–Kier alpha value is -3.32. The molecule has 0 spiro atoms. The summed E-state index contributed by atoms with van der Waals surface area (Å²) >= 11 is 0. The van der Waals surface area contributed by atoms with Gasteiger partial charge in [-0.25, -0.2) is 19.7 Å². The van der Waals surface area contributed by atoms with Crippen LogP contribution >= 0.6 is 0 Å². The average molecular weight is 527 g/mol. The second-order valence-corrected chi connectivity index (χ2v) is 10.8. The van der Waals surface area contributed by atoms with Crippen molar-refractivity contribution in [2.45, 2.75) is 70.0 Å². The fraction of sp³-hybridized carbons (Fsp3) is 0.538. The first-order valence-electron chi connectivity index (χ1n) is 12.9. The van der Waals surface area contributed by atoms with Gasteiger partial charge in [0.15, 0.2) is 17.7 Å². The first kappa shape index (κ1) is 27.7. The number of hydrogen-bond acceptors (Lipinski definition) is 9. The summed E-state index contributed by atoms with van der Waals surface area (Å²) in [6, 6.07) is 7.55. The molecule has 1 saturated heterocycles. The predicted molar refractivity (Wildman–Crippen MR) is 144 cm³/mol. The molecule has 12 nitrogen and oxygen atoms in total. The predicted octanol–water partition coefficient (Wildman–Crippen LogP) is 1.89. The molecule has 4 rings (SSSR count). The van der Waals surface area contributed by atoms with Crippen LogP contribution in [0, 0.1) is 5.92 Å². The summed E-state index contributed by atoms with van der Waals surface area (Å²) in [5.41, 5.74) is 14.6. The van der Waals surface area contributed by atoms with Crippen LogP contribution in [-0.4, -0.2) is 67.2 Å². The number of anilines is 2. The summed E-state index contributed by atoms with van der Waals surface area (Å²) in [5, 5.41) is 27.1. The lowest BCUT2D eigenvalue weighted by molar-refractivity contribution is -0.0413. The van der Waals surface area contributed by atoms with E-state index in [4.69, 9.17) is 16.2 Å². The van der Waals surface area contributed by atoms with E-state index in [1.54, 1.807) is 4.57 Å². The first-order valence-corrected chi connectivity index (χ1v) is 12.9. The number of aromatic nitrogens is 4. The van der Waals surface area contributed by atoms with E-state index in [2.05, 4.69) is 46.4 Å². The third kappa shape index (κ3) is 6.21. The van der Waals surface area contributed by atoms with E-state index >= 15 is 0 Å². The number of hydrogen-bond donors (Lipinski definition) is 6. The summed E-state index contributed by atoms with van der Waals surface area (Å²) in [6.45, 7) is 7.29. The molecule has 0 bridgehead atoms. The highest BCUT2D eigenvalue weighted by molar-refractivity contribution is 5.89. The van der Waals surface area contributed by atoms with Gasteiger partial charge in [0.05, 0.1) is 12.4 Å². The molecule has 8 N–H and O–H groups in total. The van der Waals surface area contributed by atoms with Crippen molar-refractivity contribution in [1.82, 2.24) is 24.8 Å². The van der Waals surface area contributed by atoms with E-state index in [-0.39, 0.29) is 23.2 Å². The molecule has 38 heavy (non-hydrogen) atoms. The summed E-state index contributed by atoms with van der Waals surface area (Å²) in [6.07, 6.45) is 0.914. The number of ether oxygens (including phenoxy) is 1. The third-order valence-electron chi connectivity index (χ3n) is 6.98. The van der Waals surface area contributed by atoms with Crippen LogP contribution < -0.4 is 22.1 Å². The standard InChI is InChI=1S/C26H38N8O4/c1-26(2,3)16-6-8-17(9-7-16)33-25(37)29-10-4-5-15(12-27)11-18-20(35)21(36)24(38-18)34-14-32-19-22(28)30-13-31-23(19)34/h6-9,13-15,18,20-21,24,35-36H,4-5,10-12,27H2,1-3H3,(H2,28,30,31)(H2,29,33,37)/t15-,18+,20?,21-,24+/m0/s1. The van der Waals surface area contributed by atoms with Crippen LogP contribution in [0.1, 0.15) is 51.8 Å². The van der Waals surface area contributed by atoms with Gasteiger partial charge >= 0.3 is 6.03 Å². The Bertz CT molecular complexity index is 1230. The van der Waals surface area contributed by atoms with Crippen molar-refractivity contribution in [3.63, 3.8) is 0 Å². The number of nitrogens with two attached hydrogens (primary N) is 2. The van der Waals surface area contributed by atoms with Crippen LogP contribution in [0.25, 0.3) is 11.2 Å². The maximum Gasteiger partial charge on any atom is 0.319 e. The van der Waals surface area contributed by atoms with E-state index in [0.717, 1.165) is 12.1 Å². The Morgan fingerprint density at radius 3 is 2.58 bits per heavy atom. The number of nitrogens with zero attached hydrogens (tertiary/aromatic N) is 4. The Labute approximate surface area is 221 Å². The Morgan fingerprint density at radius 2 is 1.89 bits per heavy atom. The monoisotopic (exact) mass is 526 g/mol. The van der Waals surface area contributed by atoms with E-state index in [1.165, 1.54) is 18.2 Å². The van der Waals surface area contributed by atoms with E-state index < -0.39 is 24.5 Å². The van der Waals surface area contributed by atoms with Crippen molar-refractivity contribution >= 4 is 28.7 Å². The number of nitrogen functional groups attached to an aromatic ring is 1. The lowest BCUT2D eigenvalue weighted by atomic mass is 9.87. The molecule has 1 aliphatic heterocycles. The van der Waals surface area contributed by atoms with Gasteiger partial charge in [0.25, 0.3) is 0 Å². The molecule has 0 aliphatic carbocycles. The van der Waals surface area contributed by atoms with Crippen molar-refractivity contribution in [2.24, 2.45) is 11.7 Å². The number of nitrogens with one attached hydrogen (secondary N) is 2. The Morgan fingerprint density at radius 1 is 1.16 bits per heavy atom. The maximum atomic E-state index is 12.3. The van der Waals surface area contributed by atoms with E-state index in [9.17, 15) is 15.0 Å². The topological polar surface area (TPSA) is 186 Å². The minimum atomic E-state index is -1.17. The van der Waals surface area contributed by atoms with Gasteiger partial charge in [-0.05, 0) is 54.8 Å². The highest BCUT2D eigenvalue weighted by atomic mass is 16.6. The van der Waals surface area contributed by atoms with Crippen LogP contribution in [-0.2, 0) is 10.2 Å². The van der Waals surface area contributed by atoms with Crippen molar-refractivity contribution < 1.29 is 19.7 Å². The third-order valence-corrected chi connectivity index (χ3v) is 6.98. The number of aliphatic hydroxyl groups is 2. The van der Waals surface area contributed by atoms with Crippen LogP contribution in [0.4, 0.5) is 16.3 Å². The van der Waals surface area contributed by atoms with Crippen molar-refractivity contribution in [2.75, 3.05) is 24.1 Å². The molecule has 1 fully saturated rings. The Kier molecular flexibility index (Phi) is 8.46. The highest BCUT2D eigenvalue weighted by Gasteiger charge is 2.44. The molecule has 12 heteroatoms. The zero-order valence-corrected chi connectivity index (χ0v) is 22.0. The normalized spacial score (nSPS) is 22.5. The number of carbonyl (C=O) groups excluding carboxylic acids is 1. The van der Waals surface area contributed by atoms with Crippen molar-refractivity contribution in [3.8, 4) is 0 Å². The van der Waals surface area contributed by atoms with E-state index in [0.29, 0.717) is 37.1 Å². The smallest absolute Gasteiger partial charge is 0.319 e. The number of fused-ring (bicyclic) bond motifs is 1. The summed E-state index contributed by atoms with van der Waals surface area (Å²) in [7, 11) is 0. The van der Waals surface area contributed by atoms with Gasteiger partial charge in [0, 0.05) is 12.2 Å². The minimum absolute atomic E-state index is 0.0351. The van der Waals surface area contributed by atoms with Gasteiger partial charge in [0.1, 0.15) is 24.1 Å². The van der Waals surface area contributed by atoms with Crippen molar-refractivity contribution in [3.05, 3.63) is 42.5 Å². The summed E-state index contributed by atoms with van der Waals surface area (Å²) in [4.78, 5) is 24.6. The Balaban J connectivity index is 1.24. The minimum Gasteiger partial charge on any atom is -0.388 e. The molecule has 2 aromatic heterocycles. The maximum absolute atomic E-state index is 12.3. The number of carbonyl (C=O) groups is 1. The van der Waals surface area contributed by atoms with Gasteiger partial charge in [-0.1, -0.05) is 32.9 Å². The number of urea groups is 1. The first-order chi connectivity index (χ1) is 18.1. The molecule has 1 aromatic carbocycles. The molecule has 0 saturated carbocycles. The zero-order chi connectivity index (χ0) is 27.4. The second kappa shape index (κ2) is 11.6. The van der Waals surface area contributed by atoms with Crippen LogP contribution in [0.15, 0.2) is 36.9 Å². The highest BCUT2D eigenvalue weighted by Crippen LogP contribution is 2.35. The zero-order valence-electron chi connectivity index (χ0n) is 22.0. The van der Waals surface area contributed by atoms with Gasteiger partial charge < -0.3 is 37.1 Å². The number of amides is 2. The molecule has 1 unspecified atom stereocenters. The molecule has 3 heterocycles. The molecular formula is C26H38N8O4. The average Bonchev–Trinajstić information content (AvgIpc) is 3.43. The second-order valence-electron chi connectivity index (χ2n) is 10.8. The molecule has 5 atom stereocenters. The van der Waals surface area contributed by atoms with Crippen LogP contribution in [0.3, 0.4) is 0 Å². The van der Waals surface area contributed by atoms with Gasteiger partial charge in [-0.3, -0.25) is 4.57 Å². The lowest BCUT2D eigenvalue weighted by Gasteiger charge is -2.21. The van der Waals surface area contributed by atoms with Crippen LogP contribution in [0.5, 0.6) is 0 Å². The number of aliphatic hydroxyl groups excluding tert-OH is 2. The van der Waals surface area contributed by atoms with Gasteiger partial charge in [-0.2, -0.15) is 0 Å². The van der Waals surface area contributed by atoms with E-state index in [1.807, 2.05) is 24.3 Å². The molecular weight excluding hydrogens is 488 g/mol. The lowest BCUT2D eigenvalue weighted by Crippen LogP contribution is -2.34. The molecule has 3 aromatic rings. The quantitative estimate of drug-likeness (QED) is 0.226. The summed E-state index contributed by atoms with van der Waals surface area (Å²) < 4.78 is 7.59. The molecule has 0 radical (unpaired) electrons. The summed E-state index contributed by atoms with van der Waals surface area (Å²) in [5.74, 6) is 0.259. The van der Waals surface area contributed by atoms with Crippen LogP contribution in [0.2, 0.25) is 0 Å². The molecule has 2 amide bonds. The number of rotatable bonds is 9. The molecule has 1 aliphatic rings. The largest absolute Gasteiger partial charge is 0.388 e. The van der Waals surface area contributed by atoms with Gasteiger partial charge in [0.2, 0.25) is 0 Å².